The molecule has 1 atom stereocenters. The summed E-state index contributed by atoms with van der Waals surface area (Å²) in [5.41, 5.74) is 2.16. The van der Waals surface area contributed by atoms with Crippen molar-refractivity contribution in [3.63, 3.8) is 0 Å². The van der Waals surface area contributed by atoms with Crippen LogP contribution in [0.3, 0.4) is 0 Å². The fraction of sp³-hybridized carbons (Fsp3) is 0.269. The first-order valence-electron chi connectivity index (χ1n) is 10.2. The lowest BCUT2D eigenvalue weighted by atomic mass is 9.89. The Balaban J connectivity index is 1.98. The second kappa shape index (κ2) is 11.3. The molecule has 0 amide bonds. The maximum atomic E-state index is 13.8. The Kier molecular flexibility index (Phi) is 8.25. The number of methoxy groups -OCH3 is 4. The summed E-state index contributed by atoms with van der Waals surface area (Å²) in [6.07, 6.45) is -0.778. The Morgan fingerprint density at radius 3 is 2.00 bits per heavy atom. The summed E-state index contributed by atoms with van der Waals surface area (Å²) in [6, 6.07) is 22.2. The van der Waals surface area contributed by atoms with Gasteiger partial charge in [0.05, 0.1) is 25.7 Å². The SMILES string of the molecule is COc1ccc(C(C(=O)c2ccc(OC)cc2OCc2ccccc2)C(OC)OC)cc1. The fourth-order valence-corrected chi connectivity index (χ4v) is 3.47. The number of ketones is 1. The third kappa shape index (κ3) is 5.46. The van der Waals surface area contributed by atoms with Gasteiger partial charge < -0.3 is 23.7 Å². The predicted octanol–water partition coefficient (Wildman–Crippen LogP) is 4.87. The Morgan fingerprint density at radius 2 is 1.41 bits per heavy atom. The predicted molar refractivity (Wildman–Crippen MR) is 122 cm³/mol. The van der Waals surface area contributed by atoms with Crippen molar-refractivity contribution in [1.29, 1.82) is 0 Å². The van der Waals surface area contributed by atoms with E-state index in [9.17, 15) is 4.79 Å². The van der Waals surface area contributed by atoms with Crippen molar-refractivity contribution in [2.24, 2.45) is 0 Å². The van der Waals surface area contributed by atoms with Crippen molar-refractivity contribution in [2.75, 3.05) is 28.4 Å². The monoisotopic (exact) mass is 436 g/mol. The van der Waals surface area contributed by atoms with Crippen LogP contribution in [0.2, 0.25) is 0 Å². The molecule has 0 aromatic heterocycles. The number of benzene rings is 3. The Morgan fingerprint density at radius 1 is 0.781 bits per heavy atom. The van der Waals surface area contributed by atoms with E-state index in [1.54, 1.807) is 44.6 Å². The molecule has 6 heteroatoms. The van der Waals surface area contributed by atoms with E-state index in [0.717, 1.165) is 11.1 Å². The number of ether oxygens (including phenoxy) is 5. The van der Waals surface area contributed by atoms with Crippen LogP contribution in [-0.4, -0.2) is 40.5 Å². The minimum absolute atomic E-state index is 0.186. The van der Waals surface area contributed by atoms with Gasteiger partial charge in [-0.2, -0.15) is 0 Å². The number of hydrogen-bond acceptors (Lipinski definition) is 6. The van der Waals surface area contributed by atoms with Crippen LogP contribution in [0.25, 0.3) is 0 Å². The molecule has 0 aliphatic carbocycles. The first-order valence-corrected chi connectivity index (χ1v) is 10.2. The zero-order valence-corrected chi connectivity index (χ0v) is 18.7. The van der Waals surface area contributed by atoms with Crippen LogP contribution >= 0.6 is 0 Å². The molecule has 32 heavy (non-hydrogen) atoms. The molecule has 3 rings (SSSR count). The van der Waals surface area contributed by atoms with E-state index < -0.39 is 12.2 Å². The molecule has 0 bridgehead atoms. The average molecular weight is 437 g/mol. The topological polar surface area (TPSA) is 63.2 Å². The highest BCUT2D eigenvalue weighted by atomic mass is 16.7. The summed E-state index contributed by atoms with van der Waals surface area (Å²) in [4.78, 5) is 13.8. The standard InChI is InChI=1S/C26H28O6/c1-28-20-12-10-19(11-13-20)24(26(30-3)31-4)25(27)22-15-14-21(29-2)16-23(22)32-17-18-8-6-5-7-9-18/h5-16,24,26H,17H2,1-4H3. The van der Waals surface area contributed by atoms with E-state index in [4.69, 9.17) is 23.7 Å². The van der Waals surface area contributed by atoms with Crippen LogP contribution in [-0.2, 0) is 16.1 Å². The molecule has 0 heterocycles. The second-order valence-electron chi connectivity index (χ2n) is 7.09. The van der Waals surface area contributed by atoms with E-state index >= 15 is 0 Å². The highest BCUT2D eigenvalue weighted by Gasteiger charge is 2.33. The van der Waals surface area contributed by atoms with Crippen molar-refractivity contribution in [1.82, 2.24) is 0 Å². The normalized spacial score (nSPS) is 11.8. The number of hydrogen-bond donors (Lipinski definition) is 0. The van der Waals surface area contributed by atoms with E-state index in [2.05, 4.69) is 0 Å². The summed E-state index contributed by atoms with van der Waals surface area (Å²) in [7, 11) is 6.19. The number of carbonyl (C=O) groups is 1. The molecule has 6 nitrogen and oxygen atoms in total. The van der Waals surface area contributed by atoms with E-state index in [-0.39, 0.29) is 5.78 Å². The second-order valence-corrected chi connectivity index (χ2v) is 7.09. The summed E-state index contributed by atoms with van der Waals surface area (Å²) in [5, 5.41) is 0. The van der Waals surface area contributed by atoms with Crippen LogP contribution in [0.15, 0.2) is 72.8 Å². The lowest BCUT2D eigenvalue weighted by Gasteiger charge is -2.25. The maximum Gasteiger partial charge on any atom is 0.179 e. The van der Waals surface area contributed by atoms with Gasteiger partial charge in [0.2, 0.25) is 0 Å². The third-order valence-corrected chi connectivity index (χ3v) is 5.19. The average Bonchev–Trinajstić information content (AvgIpc) is 2.86. The lowest BCUT2D eigenvalue weighted by molar-refractivity contribution is -0.110. The van der Waals surface area contributed by atoms with Crippen LogP contribution < -0.4 is 14.2 Å². The fourth-order valence-electron chi connectivity index (χ4n) is 3.47. The lowest BCUT2D eigenvalue weighted by Crippen LogP contribution is -2.30. The summed E-state index contributed by atoms with van der Waals surface area (Å²) in [6.45, 7) is 0.319. The van der Waals surface area contributed by atoms with Crippen molar-refractivity contribution in [3.05, 3.63) is 89.5 Å². The molecule has 0 saturated carbocycles. The van der Waals surface area contributed by atoms with Gasteiger partial charge in [-0.05, 0) is 35.4 Å². The molecule has 0 aliphatic heterocycles. The molecular weight excluding hydrogens is 408 g/mol. The Bertz CT molecular complexity index is 997. The smallest absolute Gasteiger partial charge is 0.179 e. The van der Waals surface area contributed by atoms with Crippen LogP contribution in [0.4, 0.5) is 0 Å². The zero-order chi connectivity index (χ0) is 22.9. The highest BCUT2D eigenvalue weighted by Crippen LogP contribution is 2.34. The summed E-state index contributed by atoms with van der Waals surface area (Å²) >= 11 is 0. The van der Waals surface area contributed by atoms with Crippen molar-refractivity contribution in [2.45, 2.75) is 18.8 Å². The van der Waals surface area contributed by atoms with Crippen molar-refractivity contribution < 1.29 is 28.5 Å². The maximum absolute atomic E-state index is 13.8. The molecule has 0 fully saturated rings. The Hall–Kier alpha value is -3.35. The molecule has 0 N–H and O–H groups in total. The largest absolute Gasteiger partial charge is 0.497 e. The number of Topliss-reactive ketones (excluding diaryl/α,β-unsaturated/α-hetero) is 1. The third-order valence-electron chi connectivity index (χ3n) is 5.19. The van der Waals surface area contributed by atoms with Gasteiger partial charge in [-0.1, -0.05) is 42.5 Å². The first kappa shape index (κ1) is 23.3. The zero-order valence-electron chi connectivity index (χ0n) is 18.7. The first-order chi connectivity index (χ1) is 15.6. The quantitative estimate of drug-likeness (QED) is 0.316. The molecule has 0 spiro atoms. The summed E-state index contributed by atoms with van der Waals surface area (Å²) in [5.74, 6) is 0.837. The molecular formula is C26H28O6. The van der Waals surface area contributed by atoms with Gasteiger partial charge in [0, 0.05) is 20.3 Å². The van der Waals surface area contributed by atoms with Gasteiger partial charge in [0.25, 0.3) is 0 Å². The van der Waals surface area contributed by atoms with Crippen LogP contribution in [0.1, 0.15) is 27.4 Å². The minimum atomic E-state index is -0.778. The molecule has 1 unspecified atom stereocenters. The van der Waals surface area contributed by atoms with Gasteiger partial charge in [-0.3, -0.25) is 4.79 Å². The van der Waals surface area contributed by atoms with E-state index in [1.807, 2.05) is 42.5 Å². The molecule has 168 valence electrons. The van der Waals surface area contributed by atoms with Gasteiger partial charge in [0.15, 0.2) is 12.1 Å². The van der Waals surface area contributed by atoms with Crippen molar-refractivity contribution >= 4 is 5.78 Å². The van der Waals surface area contributed by atoms with Gasteiger partial charge in [0.1, 0.15) is 23.9 Å². The van der Waals surface area contributed by atoms with Crippen LogP contribution in [0, 0.1) is 0 Å². The molecule has 0 saturated heterocycles. The van der Waals surface area contributed by atoms with Gasteiger partial charge in [-0.15, -0.1) is 0 Å². The van der Waals surface area contributed by atoms with E-state index in [0.29, 0.717) is 29.4 Å². The summed E-state index contributed by atoms with van der Waals surface area (Å²) < 4.78 is 27.6. The minimum Gasteiger partial charge on any atom is -0.497 e. The molecule has 0 aliphatic rings. The molecule has 3 aromatic carbocycles. The van der Waals surface area contributed by atoms with Crippen molar-refractivity contribution in [3.8, 4) is 17.2 Å². The highest BCUT2D eigenvalue weighted by molar-refractivity contribution is 6.03. The molecule has 3 aromatic rings. The van der Waals surface area contributed by atoms with Crippen LogP contribution in [0.5, 0.6) is 17.2 Å². The number of rotatable bonds is 11. The Labute approximate surface area is 188 Å². The number of carbonyl (C=O) groups excluding carboxylic acids is 1. The van der Waals surface area contributed by atoms with Gasteiger partial charge in [-0.25, -0.2) is 0 Å². The van der Waals surface area contributed by atoms with E-state index in [1.165, 1.54) is 14.2 Å². The van der Waals surface area contributed by atoms with Gasteiger partial charge >= 0.3 is 0 Å². The molecule has 0 radical (unpaired) electrons.